The van der Waals surface area contributed by atoms with E-state index in [1.165, 1.54) is 24.3 Å². The molecule has 1 unspecified atom stereocenters. The summed E-state index contributed by atoms with van der Waals surface area (Å²) in [5.74, 6) is -1.97. The van der Waals surface area contributed by atoms with Gasteiger partial charge in [-0.05, 0) is 61.7 Å². The second-order valence-corrected chi connectivity index (χ2v) is 5.62. The number of hydrogen-bond donors (Lipinski definition) is 1. The van der Waals surface area contributed by atoms with E-state index in [0.29, 0.717) is 5.56 Å². The average Bonchev–Trinajstić information content (AvgIpc) is 2.37. The first-order chi connectivity index (χ1) is 8.91. The van der Waals surface area contributed by atoms with Crippen LogP contribution >= 0.6 is 31.9 Å². The molecular formula is C13H8Br2F3N. The molecular weight excluding hydrogens is 387 g/mol. The summed E-state index contributed by atoms with van der Waals surface area (Å²) in [6.07, 6.45) is 0. The standard InChI is InChI=1S/C13H8Br2F3N/c14-7-2-4-10(17)11(12(7)18)13(19)6-1-3-9(16)8(15)5-6/h1-5,13H,19H2. The summed E-state index contributed by atoms with van der Waals surface area (Å²) in [5, 5.41) is 0. The molecule has 0 aliphatic rings. The lowest BCUT2D eigenvalue weighted by molar-refractivity contribution is 0.539. The van der Waals surface area contributed by atoms with Gasteiger partial charge in [0.05, 0.1) is 15.0 Å². The van der Waals surface area contributed by atoms with Gasteiger partial charge in [-0.1, -0.05) is 6.07 Å². The summed E-state index contributed by atoms with van der Waals surface area (Å²) < 4.78 is 41.1. The van der Waals surface area contributed by atoms with E-state index >= 15 is 0 Å². The van der Waals surface area contributed by atoms with Gasteiger partial charge in [0.15, 0.2) is 0 Å². The van der Waals surface area contributed by atoms with Crippen LogP contribution in [-0.4, -0.2) is 0 Å². The van der Waals surface area contributed by atoms with Gasteiger partial charge in [0.1, 0.15) is 17.5 Å². The van der Waals surface area contributed by atoms with Crippen LogP contribution in [0, 0.1) is 17.5 Å². The van der Waals surface area contributed by atoms with Crippen molar-refractivity contribution >= 4 is 31.9 Å². The maximum Gasteiger partial charge on any atom is 0.145 e. The van der Waals surface area contributed by atoms with Gasteiger partial charge in [0, 0.05) is 5.56 Å². The van der Waals surface area contributed by atoms with E-state index in [2.05, 4.69) is 31.9 Å². The first kappa shape index (κ1) is 14.6. The fourth-order valence-electron chi connectivity index (χ4n) is 1.70. The van der Waals surface area contributed by atoms with Gasteiger partial charge < -0.3 is 5.73 Å². The molecule has 0 heterocycles. The number of benzene rings is 2. The third kappa shape index (κ3) is 2.85. The molecule has 100 valence electrons. The summed E-state index contributed by atoms with van der Waals surface area (Å²) in [6, 6.07) is 5.36. The summed E-state index contributed by atoms with van der Waals surface area (Å²) in [7, 11) is 0. The second-order valence-electron chi connectivity index (χ2n) is 3.91. The molecule has 0 saturated carbocycles. The van der Waals surface area contributed by atoms with Crippen molar-refractivity contribution in [3.05, 3.63) is 67.9 Å². The van der Waals surface area contributed by atoms with E-state index in [0.717, 1.165) is 6.07 Å². The minimum Gasteiger partial charge on any atom is -0.320 e. The molecule has 2 aromatic rings. The molecule has 1 atom stereocenters. The molecule has 2 N–H and O–H groups in total. The minimum absolute atomic E-state index is 0.125. The van der Waals surface area contributed by atoms with E-state index in [1.807, 2.05) is 0 Å². The van der Waals surface area contributed by atoms with Crippen molar-refractivity contribution < 1.29 is 13.2 Å². The first-order valence-corrected chi connectivity index (χ1v) is 6.84. The molecule has 0 amide bonds. The van der Waals surface area contributed by atoms with Crippen molar-refractivity contribution in [2.24, 2.45) is 5.73 Å². The van der Waals surface area contributed by atoms with Crippen LogP contribution in [0.4, 0.5) is 13.2 Å². The highest BCUT2D eigenvalue weighted by Gasteiger charge is 2.21. The molecule has 1 nitrogen and oxygen atoms in total. The number of rotatable bonds is 2. The van der Waals surface area contributed by atoms with E-state index in [4.69, 9.17) is 5.73 Å². The Kier molecular flexibility index (Phi) is 4.32. The Morgan fingerprint density at radius 2 is 1.53 bits per heavy atom. The average molecular weight is 395 g/mol. The molecule has 0 aliphatic carbocycles. The summed E-state index contributed by atoms with van der Waals surface area (Å²) >= 11 is 5.99. The molecule has 2 rings (SSSR count). The smallest absolute Gasteiger partial charge is 0.145 e. The molecule has 6 heteroatoms. The van der Waals surface area contributed by atoms with Gasteiger partial charge in [-0.3, -0.25) is 0 Å². The lowest BCUT2D eigenvalue weighted by Crippen LogP contribution is -2.16. The normalized spacial score (nSPS) is 12.5. The Labute approximate surface area is 124 Å². The Balaban J connectivity index is 2.52. The molecule has 0 saturated heterocycles. The highest BCUT2D eigenvalue weighted by atomic mass is 79.9. The first-order valence-electron chi connectivity index (χ1n) is 5.25. The Morgan fingerprint density at radius 3 is 2.16 bits per heavy atom. The summed E-state index contributed by atoms with van der Waals surface area (Å²) in [6.45, 7) is 0. The van der Waals surface area contributed by atoms with Crippen LogP contribution in [0.5, 0.6) is 0 Å². The van der Waals surface area contributed by atoms with Crippen LogP contribution in [0.2, 0.25) is 0 Å². The van der Waals surface area contributed by atoms with Gasteiger partial charge in [-0.15, -0.1) is 0 Å². The fraction of sp³-hybridized carbons (Fsp3) is 0.0769. The number of halogens is 5. The van der Waals surface area contributed by atoms with Crippen molar-refractivity contribution in [3.63, 3.8) is 0 Å². The van der Waals surface area contributed by atoms with Crippen molar-refractivity contribution in [2.75, 3.05) is 0 Å². The molecule has 0 fully saturated rings. The van der Waals surface area contributed by atoms with E-state index in [1.54, 1.807) is 0 Å². The van der Waals surface area contributed by atoms with Crippen molar-refractivity contribution in [3.8, 4) is 0 Å². The van der Waals surface area contributed by atoms with Crippen LogP contribution in [0.1, 0.15) is 17.2 Å². The Bertz CT molecular complexity index is 632. The number of hydrogen-bond acceptors (Lipinski definition) is 1. The zero-order valence-corrected chi connectivity index (χ0v) is 12.6. The SMILES string of the molecule is NC(c1ccc(F)c(Br)c1)c1c(F)ccc(Br)c1F. The molecule has 0 spiro atoms. The monoisotopic (exact) mass is 393 g/mol. The van der Waals surface area contributed by atoms with Gasteiger partial charge in [0.25, 0.3) is 0 Å². The molecule has 0 aromatic heterocycles. The quantitative estimate of drug-likeness (QED) is 0.735. The highest BCUT2D eigenvalue weighted by molar-refractivity contribution is 9.10. The van der Waals surface area contributed by atoms with Crippen LogP contribution in [-0.2, 0) is 0 Å². The summed E-state index contributed by atoms with van der Waals surface area (Å²) in [5.41, 5.74) is 6.01. The molecule has 0 radical (unpaired) electrons. The fourth-order valence-corrected chi connectivity index (χ4v) is 2.44. The topological polar surface area (TPSA) is 26.0 Å². The van der Waals surface area contributed by atoms with Gasteiger partial charge in [-0.25, -0.2) is 13.2 Å². The lowest BCUT2D eigenvalue weighted by atomic mass is 9.98. The third-order valence-electron chi connectivity index (χ3n) is 2.69. The Morgan fingerprint density at radius 1 is 0.895 bits per heavy atom. The maximum atomic E-state index is 13.9. The van der Waals surface area contributed by atoms with Crippen molar-refractivity contribution in [2.45, 2.75) is 6.04 Å². The zero-order chi connectivity index (χ0) is 14.2. The van der Waals surface area contributed by atoms with Gasteiger partial charge in [-0.2, -0.15) is 0 Å². The molecule has 0 bridgehead atoms. The summed E-state index contributed by atoms with van der Waals surface area (Å²) in [4.78, 5) is 0. The predicted octanol–water partition coefficient (Wildman–Crippen LogP) is 4.68. The Hall–Kier alpha value is -0.850. The maximum absolute atomic E-state index is 13.9. The third-order valence-corrected chi connectivity index (χ3v) is 3.91. The van der Waals surface area contributed by atoms with E-state index < -0.39 is 23.5 Å². The highest BCUT2D eigenvalue weighted by Crippen LogP contribution is 2.30. The van der Waals surface area contributed by atoms with Crippen LogP contribution in [0.25, 0.3) is 0 Å². The number of nitrogens with two attached hydrogens (primary N) is 1. The van der Waals surface area contributed by atoms with Crippen molar-refractivity contribution in [1.82, 2.24) is 0 Å². The minimum atomic E-state index is -1.02. The molecule has 0 aliphatic heterocycles. The largest absolute Gasteiger partial charge is 0.320 e. The van der Waals surface area contributed by atoms with Gasteiger partial charge >= 0.3 is 0 Å². The van der Waals surface area contributed by atoms with Crippen LogP contribution in [0.15, 0.2) is 39.3 Å². The van der Waals surface area contributed by atoms with Crippen LogP contribution in [0.3, 0.4) is 0 Å². The van der Waals surface area contributed by atoms with E-state index in [9.17, 15) is 13.2 Å². The van der Waals surface area contributed by atoms with Crippen LogP contribution < -0.4 is 5.73 Å². The lowest BCUT2D eigenvalue weighted by Gasteiger charge is -2.15. The van der Waals surface area contributed by atoms with E-state index in [-0.39, 0.29) is 14.5 Å². The zero-order valence-electron chi connectivity index (χ0n) is 9.43. The predicted molar refractivity (Wildman–Crippen MR) is 74.2 cm³/mol. The molecule has 2 aromatic carbocycles. The molecule has 19 heavy (non-hydrogen) atoms. The van der Waals surface area contributed by atoms with Gasteiger partial charge in [0.2, 0.25) is 0 Å². The van der Waals surface area contributed by atoms with Crippen molar-refractivity contribution in [1.29, 1.82) is 0 Å². The second kappa shape index (κ2) is 5.64.